The van der Waals surface area contributed by atoms with E-state index >= 15 is 0 Å². The Morgan fingerprint density at radius 3 is 2.23 bits per heavy atom. The first-order valence-corrected chi connectivity index (χ1v) is 11.4. The third-order valence-electron chi connectivity index (χ3n) is 6.38. The lowest BCUT2D eigenvalue weighted by atomic mass is 10.1. The van der Waals surface area contributed by atoms with Crippen LogP contribution in [-0.2, 0) is 7.05 Å². The van der Waals surface area contributed by atoms with Gasteiger partial charge >= 0.3 is 5.97 Å². The van der Waals surface area contributed by atoms with E-state index in [9.17, 15) is 9.59 Å². The molecule has 4 aromatic carbocycles. The first-order valence-electron chi connectivity index (χ1n) is 11.4. The minimum atomic E-state index is -0.979. The van der Waals surface area contributed by atoms with Crippen molar-refractivity contribution in [3.05, 3.63) is 108 Å². The number of carboxylic acid groups (broad SMARTS) is 1. The van der Waals surface area contributed by atoms with Crippen LogP contribution >= 0.6 is 0 Å². The topological polar surface area (TPSA) is 83.4 Å². The summed E-state index contributed by atoms with van der Waals surface area (Å²) in [6, 6.07) is 28.4. The molecule has 174 valence electrons. The summed E-state index contributed by atoms with van der Waals surface area (Å²) < 4.78 is 1.90. The predicted octanol–water partition coefficient (Wildman–Crippen LogP) is 6.26. The summed E-state index contributed by atoms with van der Waals surface area (Å²) in [6.07, 6.45) is 0. The number of aryl methyl sites for hydroxylation is 1. The molecular weight excluding hydrogens is 438 g/mol. The molecule has 1 aromatic heterocycles. The Balaban J connectivity index is 1.53. The molecule has 1 heterocycles. The molecule has 6 nitrogen and oxygen atoms in total. The van der Waals surface area contributed by atoms with Gasteiger partial charge in [0.1, 0.15) is 5.69 Å². The number of hydrogen-bond acceptors (Lipinski definition) is 3. The molecule has 6 heteroatoms. The number of aromatic nitrogens is 1. The highest BCUT2D eigenvalue weighted by molar-refractivity contribution is 6.11. The maximum Gasteiger partial charge on any atom is 0.335 e. The van der Waals surface area contributed by atoms with Gasteiger partial charge in [-0.15, -0.1) is 0 Å². The molecule has 3 N–H and O–H groups in total. The van der Waals surface area contributed by atoms with Crippen LogP contribution in [0.3, 0.4) is 0 Å². The van der Waals surface area contributed by atoms with Crippen LogP contribution in [0.2, 0.25) is 0 Å². The molecule has 35 heavy (non-hydrogen) atoms. The summed E-state index contributed by atoms with van der Waals surface area (Å²) in [6.45, 7) is 1.88. The number of nitrogens with zero attached hydrogens (tertiary/aromatic N) is 1. The second-order valence-corrected chi connectivity index (χ2v) is 8.57. The highest BCUT2D eigenvalue weighted by Crippen LogP contribution is 2.35. The summed E-state index contributed by atoms with van der Waals surface area (Å²) in [7, 11) is 1.89. The number of hydrogen-bond donors (Lipinski definition) is 3. The average Bonchev–Trinajstić information content (AvgIpc) is 3.15. The summed E-state index contributed by atoms with van der Waals surface area (Å²) in [5.74, 6) is -1.20. The number of aromatic carboxylic acids is 1. The largest absolute Gasteiger partial charge is 0.478 e. The molecule has 0 bridgehead atoms. The number of carbonyl (C=O) groups is 2. The quantitative estimate of drug-likeness (QED) is 0.277. The first kappa shape index (κ1) is 22.2. The zero-order chi connectivity index (χ0) is 24.5. The van der Waals surface area contributed by atoms with E-state index in [1.165, 1.54) is 0 Å². The number of rotatable bonds is 6. The molecule has 5 aromatic rings. The molecule has 0 fully saturated rings. The Labute approximate surface area is 202 Å². The fourth-order valence-corrected chi connectivity index (χ4v) is 4.52. The number of anilines is 2. The van der Waals surface area contributed by atoms with Crippen LogP contribution in [0.4, 0.5) is 11.4 Å². The predicted molar refractivity (Wildman–Crippen MR) is 139 cm³/mol. The molecule has 0 spiro atoms. The Kier molecular flexibility index (Phi) is 5.71. The minimum Gasteiger partial charge on any atom is -0.478 e. The standard InChI is InChI=1S/C29H25N3O3/c1-18(19-14-16-21(17-15-19)29(34)35)30-28(33)27-26(23-11-5-6-13-25(23)32(27)2)31-24-12-7-9-20-8-3-4-10-22(20)24/h3-18,31H,1-2H3,(H,30,33)(H,34,35). The van der Waals surface area contributed by atoms with E-state index in [1.54, 1.807) is 24.3 Å². The van der Waals surface area contributed by atoms with Crippen LogP contribution in [0.1, 0.15) is 39.4 Å². The van der Waals surface area contributed by atoms with Gasteiger partial charge in [-0.1, -0.05) is 66.7 Å². The van der Waals surface area contributed by atoms with Crippen LogP contribution in [-0.4, -0.2) is 21.6 Å². The summed E-state index contributed by atoms with van der Waals surface area (Å²) >= 11 is 0. The van der Waals surface area contributed by atoms with E-state index in [0.29, 0.717) is 5.69 Å². The Morgan fingerprint density at radius 2 is 1.49 bits per heavy atom. The van der Waals surface area contributed by atoms with Crippen molar-refractivity contribution < 1.29 is 14.7 Å². The maximum absolute atomic E-state index is 13.6. The molecular formula is C29H25N3O3. The van der Waals surface area contributed by atoms with Crippen LogP contribution in [0.5, 0.6) is 0 Å². The number of para-hydroxylation sites is 1. The zero-order valence-corrected chi connectivity index (χ0v) is 19.4. The van der Waals surface area contributed by atoms with Gasteiger partial charge in [-0.2, -0.15) is 0 Å². The maximum atomic E-state index is 13.6. The normalized spacial score (nSPS) is 11.9. The molecule has 0 aliphatic rings. The summed E-state index contributed by atoms with van der Waals surface area (Å²) in [5.41, 5.74) is 4.16. The third-order valence-corrected chi connectivity index (χ3v) is 6.38. The van der Waals surface area contributed by atoms with E-state index in [-0.39, 0.29) is 17.5 Å². The second kappa shape index (κ2) is 8.99. The van der Waals surface area contributed by atoms with Gasteiger partial charge < -0.3 is 20.3 Å². The van der Waals surface area contributed by atoms with Gasteiger partial charge in [-0.3, -0.25) is 4.79 Å². The van der Waals surface area contributed by atoms with Crippen molar-refractivity contribution in [2.45, 2.75) is 13.0 Å². The van der Waals surface area contributed by atoms with Gasteiger partial charge in [0.2, 0.25) is 0 Å². The number of amides is 1. The van der Waals surface area contributed by atoms with Crippen molar-refractivity contribution in [3.63, 3.8) is 0 Å². The Hall–Kier alpha value is -4.58. The molecule has 0 aliphatic heterocycles. The van der Waals surface area contributed by atoms with E-state index in [0.717, 1.165) is 38.6 Å². The Bertz CT molecular complexity index is 1560. The van der Waals surface area contributed by atoms with Crippen molar-refractivity contribution in [1.82, 2.24) is 9.88 Å². The van der Waals surface area contributed by atoms with E-state index < -0.39 is 5.97 Å². The van der Waals surface area contributed by atoms with Crippen LogP contribution in [0.15, 0.2) is 91.0 Å². The molecule has 1 unspecified atom stereocenters. The highest BCUT2D eigenvalue weighted by atomic mass is 16.4. The average molecular weight is 464 g/mol. The lowest BCUT2D eigenvalue weighted by Gasteiger charge is -2.17. The van der Waals surface area contributed by atoms with E-state index in [1.807, 2.05) is 67.1 Å². The fourth-order valence-electron chi connectivity index (χ4n) is 4.52. The number of carbonyl (C=O) groups excluding carboxylic acids is 1. The summed E-state index contributed by atoms with van der Waals surface area (Å²) in [4.78, 5) is 24.8. The van der Waals surface area contributed by atoms with Gasteiger partial charge in [-0.25, -0.2) is 4.79 Å². The van der Waals surface area contributed by atoms with Crippen molar-refractivity contribution in [2.75, 3.05) is 5.32 Å². The fraction of sp³-hybridized carbons (Fsp3) is 0.103. The molecule has 5 rings (SSSR count). The molecule has 1 atom stereocenters. The van der Waals surface area contributed by atoms with Gasteiger partial charge in [0.15, 0.2) is 0 Å². The summed E-state index contributed by atoms with van der Waals surface area (Å²) in [5, 5.41) is 18.9. The highest BCUT2D eigenvalue weighted by Gasteiger charge is 2.23. The van der Waals surface area contributed by atoms with Crippen LogP contribution in [0, 0.1) is 0 Å². The van der Waals surface area contributed by atoms with Crippen LogP contribution < -0.4 is 10.6 Å². The number of fused-ring (bicyclic) bond motifs is 2. The lowest BCUT2D eigenvalue weighted by Crippen LogP contribution is -2.29. The second-order valence-electron chi connectivity index (χ2n) is 8.57. The third kappa shape index (κ3) is 4.10. The SMILES string of the molecule is CC(NC(=O)c1c(Nc2cccc3ccccc23)c2ccccc2n1C)c1ccc(C(=O)O)cc1. The van der Waals surface area contributed by atoms with Gasteiger partial charge in [0.05, 0.1) is 22.8 Å². The molecule has 0 aliphatic carbocycles. The van der Waals surface area contributed by atoms with Gasteiger partial charge in [0.25, 0.3) is 5.91 Å². The monoisotopic (exact) mass is 463 g/mol. The number of carboxylic acids is 1. The zero-order valence-electron chi connectivity index (χ0n) is 19.4. The van der Waals surface area contributed by atoms with E-state index in [2.05, 4.69) is 28.8 Å². The van der Waals surface area contributed by atoms with Crippen LogP contribution in [0.25, 0.3) is 21.7 Å². The van der Waals surface area contributed by atoms with Crippen molar-refractivity contribution in [2.24, 2.45) is 7.05 Å². The minimum absolute atomic E-state index is 0.211. The molecule has 1 amide bonds. The molecule has 0 saturated carbocycles. The Morgan fingerprint density at radius 1 is 0.829 bits per heavy atom. The van der Waals surface area contributed by atoms with Crippen molar-refractivity contribution >= 4 is 44.9 Å². The first-order chi connectivity index (χ1) is 16.9. The molecule has 0 radical (unpaired) electrons. The van der Waals surface area contributed by atoms with Crippen molar-refractivity contribution in [3.8, 4) is 0 Å². The van der Waals surface area contributed by atoms with Gasteiger partial charge in [-0.05, 0) is 42.1 Å². The molecule has 0 saturated heterocycles. The number of nitrogens with one attached hydrogen (secondary N) is 2. The number of benzene rings is 4. The smallest absolute Gasteiger partial charge is 0.335 e. The lowest BCUT2D eigenvalue weighted by molar-refractivity contribution is 0.0696. The van der Waals surface area contributed by atoms with Crippen molar-refractivity contribution in [1.29, 1.82) is 0 Å². The van der Waals surface area contributed by atoms with E-state index in [4.69, 9.17) is 5.11 Å². The van der Waals surface area contributed by atoms with Gasteiger partial charge in [0, 0.05) is 23.5 Å².